The molecule has 0 aromatic carbocycles. The third-order valence-corrected chi connectivity index (χ3v) is 5.52. The van der Waals surface area contributed by atoms with Crippen LogP contribution in [0.4, 0.5) is 16.4 Å². The number of hydrogen-bond donors (Lipinski definition) is 1. The highest BCUT2D eigenvalue weighted by molar-refractivity contribution is 14.1. The van der Waals surface area contributed by atoms with E-state index in [9.17, 15) is 14.4 Å². The van der Waals surface area contributed by atoms with E-state index in [0.29, 0.717) is 11.5 Å². The summed E-state index contributed by atoms with van der Waals surface area (Å²) in [6.45, 7) is 8.01. The number of ether oxygens (including phenoxy) is 1. The number of imide groups is 1. The second-order valence-electron chi connectivity index (χ2n) is 8.47. The zero-order chi connectivity index (χ0) is 25.9. The molecule has 0 saturated heterocycles. The van der Waals surface area contributed by atoms with Crippen molar-refractivity contribution >= 4 is 86.0 Å². The van der Waals surface area contributed by atoms with Crippen LogP contribution in [0.2, 0.25) is 0 Å². The second kappa shape index (κ2) is 10.9. The molecular weight excluding hydrogens is 678 g/mol. The maximum Gasteiger partial charge on any atom is 0.423 e. The van der Waals surface area contributed by atoms with Crippen LogP contribution in [0.15, 0.2) is 49.1 Å². The molecule has 12 heteroatoms. The molecule has 4 rings (SSSR count). The van der Waals surface area contributed by atoms with Crippen molar-refractivity contribution < 1.29 is 19.1 Å². The van der Waals surface area contributed by atoms with Gasteiger partial charge in [-0.05, 0) is 90.2 Å². The summed E-state index contributed by atoms with van der Waals surface area (Å²) in [6.07, 6.45) is 6.50. The summed E-state index contributed by atoms with van der Waals surface area (Å²) in [5, 5.41) is 2.64. The monoisotopic (exact) mass is 702 g/mol. The van der Waals surface area contributed by atoms with Crippen LogP contribution in [0.3, 0.4) is 0 Å². The van der Waals surface area contributed by atoms with Crippen LogP contribution in [0.1, 0.15) is 34.6 Å². The zero-order valence-electron chi connectivity index (χ0n) is 19.7. The van der Waals surface area contributed by atoms with Gasteiger partial charge in [-0.1, -0.05) is 0 Å². The Morgan fingerprint density at radius 3 is 1.94 bits per heavy atom. The molecule has 0 radical (unpaired) electrons. The molecule has 4 heterocycles. The summed E-state index contributed by atoms with van der Waals surface area (Å²) in [5.74, 6) is 0.281. The van der Waals surface area contributed by atoms with Gasteiger partial charge in [0.05, 0.1) is 12.4 Å². The molecule has 0 bridgehead atoms. The SMILES string of the molecule is CC(=O)N(C(=O)OC(C)(C)C)c1cn2cc(I)ccc2n1.CC(=O)Nc1cn2cc(I)ccc2n1. The fourth-order valence-electron chi connectivity index (χ4n) is 2.96. The second-order valence-corrected chi connectivity index (χ2v) is 11.0. The van der Waals surface area contributed by atoms with Gasteiger partial charge in [-0.15, -0.1) is 0 Å². The third kappa shape index (κ3) is 7.37. The van der Waals surface area contributed by atoms with Crippen LogP contribution in [-0.4, -0.2) is 42.3 Å². The Morgan fingerprint density at radius 2 is 1.43 bits per heavy atom. The van der Waals surface area contributed by atoms with Crippen molar-refractivity contribution in [2.24, 2.45) is 0 Å². The highest BCUT2D eigenvalue weighted by atomic mass is 127. The van der Waals surface area contributed by atoms with Crippen LogP contribution in [0.25, 0.3) is 11.3 Å². The molecule has 10 nitrogen and oxygen atoms in total. The Balaban J connectivity index is 0.000000211. The first-order valence-corrected chi connectivity index (χ1v) is 12.6. The third-order valence-electron chi connectivity index (χ3n) is 4.24. The van der Waals surface area contributed by atoms with E-state index >= 15 is 0 Å². The van der Waals surface area contributed by atoms with Crippen LogP contribution < -0.4 is 10.2 Å². The van der Waals surface area contributed by atoms with Crippen molar-refractivity contribution in [3.05, 3.63) is 56.2 Å². The summed E-state index contributed by atoms with van der Waals surface area (Å²) in [5.41, 5.74) is 0.800. The Bertz CT molecular complexity index is 1410. The number of fused-ring (bicyclic) bond motifs is 2. The van der Waals surface area contributed by atoms with Crippen LogP contribution >= 0.6 is 45.2 Å². The topological polar surface area (TPSA) is 110 Å². The van der Waals surface area contributed by atoms with Gasteiger partial charge in [0.15, 0.2) is 11.6 Å². The maximum absolute atomic E-state index is 12.2. The molecule has 0 spiro atoms. The van der Waals surface area contributed by atoms with Crippen molar-refractivity contribution in [2.45, 2.75) is 40.2 Å². The minimum atomic E-state index is -0.729. The smallest absolute Gasteiger partial charge is 0.423 e. The quantitative estimate of drug-likeness (QED) is 0.291. The van der Waals surface area contributed by atoms with E-state index in [1.165, 1.54) is 13.8 Å². The van der Waals surface area contributed by atoms with E-state index in [4.69, 9.17) is 4.74 Å². The van der Waals surface area contributed by atoms with Crippen molar-refractivity contribution in [1.82, 2.24) is 18.8 Å². The van der Waals surface area contributed by atoms with Gasteiger partial charge >= 0.3 is 6.09 Å². The number of aromatic nitrogens is 4. The standard InChI is InChI=1S/C14H16IN3O3.C9H8IN3O/c1-9(19)18(13(20)21-14(2,3)4)12-8-17-7-10(15)5-6-11(17)16-12;1-6(14)11-8-5-13-4-7(10)2-3-9(13)12-8/h5-8H,1-4H3;2-5H,1H3,(H,11,14). The van der Waals surface area contributed by atoms with Crippen molar-refractivity contribution in [1.29, 1.82) is 0 Å². The fourth-order valence-corrected chi connectivity index (χ4v) is 3.91. The Morgan fingerprint density at radius 1 is 0.886 bits per heavy atom. The number of halogens is 2. The molecule has 4 aromatic rings. The number of nitrogens with one attached hydrogen (secondary N) is 1. The summed E-state index contributed by atoms with van der Waals surface area (Å²) in [6, 6.07) is 7.60. The highest BCUT2D eigenvalue weighted by Crippen LogP contribution is 2.20. The number of anilines is 2. The van der Waals surface area contributed by atoms with E-state index in [1.807, 2.05) is 41.1 Å². The van der Waals surface area contributed by atoms with E-state index in [-0.39, 0.29) is 11.7 Å². The van der Waals surface area contributed by atoms with Gasteiger partial charge < -0.3 is 18.9 Å². The number of imidazole rings is 2. The largest absolute Gasteiger partial charge is 0.443 e. The fraction of sp³-hybridized carbons (Fsp3) is 0.261. The number of rotatable bonds is 2. The van der Waals surface area contributed by atoms with Crippen LogP contribution in [0, 0.1) is 7.14 Å². The van der Waals surface area contributed by atoms with E-state index in [2.05, 4.69) is 60.5 Å². The lowest BCUT2D eigenvalue weighted by molar-refractivity contribution is -0.116. The van der Waals surface area contributed by atoms with Crippen molar-refractivity contribution in [2.75, 3.05) is 10.2 Å². The normalized spacial score (nSPS) is 11.1. The lowest BCUT2D eigenvalue weighted by Crippen LogP contribution is -2.40. The van der Waals surface area contributed by atoms with E-state index in [1.54, 1.807) is 37.6 Å². The van der Waals surface area contributed by atoms with Gasteiger partial charge in [0, 0.05) is 33.4 Å². The predicted octanol–water partition coefficient (Wildman–Crippen LogP) is 5.12. The lowest BCUT2D eigenvalue weighted by Gasteiger charge is -2.24. The molecule has 0 aliphatic carbocycles. The molecule has 0 atom stereocenters. The first kappa shape index (κ1) is 26.8. The van der Waals surface area contributed by atoms with Crippen LogP contribution in [0.5, 0.6) is 0 Å². The number of carbonyl (C=O) groups excluding carboxylic acids is 3. The number of hydrogen-bond acceptors (Lipinski definition) is 6. The van der Waals surface area contributed by atoms with Gasteiger partial charge in [-0.25, -0.2) is 14.8 Å². The van der Waals surface area contributed by atoms with Crippen molar-refractivity contribution in [3.63, 3.8) is 0 Å². The average Bonchev–Trinajstić information content (AvgIpc) is 3.28. The number of carbonyl (C=O) groups is 3. The molecule has 4 aromatic heterocycles. The summed E-state index contributed by atoms with van der Waals surface area (Å²) in [7, 11) is 0. The van der Waals surface area contributed by atoms with Gasteiger partial charge in [0.1, 0.15) is 16.9 Å². The molecule has 0 aliphatic rings. The molecule has 0 unspecified atom stereocenters. The Labute approximate surface area is 229 Å². The molecule has 0 aliphatic heterocycles. The number of amides is 3. The Hall–Kier alpha value is -2.75. The van der Waals surface area contributed by atoms with E-state index < -0.39 is 17.6 Å². The minimum absolute atomic E-state index is 0.108. The molecular formula is C23H24I2N6O4. The van der Waals surface area contributed by atoms with Crippen molar-refractivity contribution in [3.8, 4) is 0 Å². The maximum atomic E-state index is 12.2. The molecule has 1 N–H and O–H groups in total. The first-order chi connectivity index (χ1) is 16.3. The zero-order valence-corrected chi connectivity index (χ0v) is 24.1. The molecule has 35 heavy (non-hydrogen) atoms. The Kier molecular flexibility index (Phi) is 8.35. The van der Waals surface area contributed by atoms with Gasteiger partial charge in [0.25, 0.3) is 0 Å². The lowest BCUT2D eigenvalue weighted by atomic mass is 10.2. The highest BCUT2D eigenvalue weighted by Gasteiger charge is 2.28. The molecule has 184 valence electrons. The van der Waals surface area contributed by atoms with Crippen LogP contribution in [-0.2, 0) is 14.3 Å². The van der Waals surface area contributed by atoms with Gasteiger partial charge in [-0.3, -0.25) is 9.59 Å². The average molecular weight is 702 g/mol. The first-order valence-electron chi connectivity index (χ1n) is 10.4. The number of nitrogens with zero attached hydrogens (tertiary/aromatic N) is 5. The minimum Gasteiger partial charge on any atom is -0.443 e. The summed E-state index contributed by atoms with van der Waals surface area (Å²) in [4.78, 5) is 44.2. The molecule has 3 amide bonds. The summed E-state index contributed by atoms with van der Waals surface area (Å²) >= 11 is 4.40. The van der Waals surface area contributed by atoms with Gasteiger partial charge in [-0.2, -0.15) is 4.90 Å². The molecule has 0 fully saturated rings. The number of pyridine rings is 2. The van der Waals surface area contributed by atoms with E-state index in [0.717, 1.165) is 17.7 Å². The summed E-state index contributed by atoms with van der Waals surface area (Å²) < 4.78 is 11.0. The molecule has 0 saturated carbocycles. The van der Waals surface area contributed by atoms with Gasteiger partial charge in [0.2, 0.25) is 11.8 Å². The predicted molar refractivity (Wildman–Crippen MR) is 150 cm³/mol.